The van der Waals surface area contributed by atoms with Crippen molar-refractivity contribution in [3.05, 3.63) is 34.7 Å². The van der Waals surface area contributed by atoms with Gasteiger partial charge in [-0.25, -0.2) is 4.98 Å². The molecule has 1 heterocycles. The van der Waals surface area contributed by atoms with Gasteiger partial charge in [-0.3, -0.25) is 4.79 Å². The summed E-state index contributed by atoms with van der Waals surface area (Å²) < 4.78 is 0. The molecule has 0 saturated heterocycles. The van der Waals surface area contributed by atoms with Crippen LogP contribution >= 0.6 is 22.9 Å². The van der Waals surface area contributed by atoms with Gasteiger partial charge in [0.25, 0.3) is 0 Å². The monoisotopic (exact) mass is 332 g/mol. The number of amides is 1. The molecule has 5 heteroatoms. The third kappa shape index (κ3) is 2.66. The Bertz CT molecular complexity index is 697. The van der Waals surface area contributed by atoms with Crippen LogP contribution in [0.25, 0.3) is 11.3 Å². The molecule has 114 valence electrons. The van der Waals surface area contributed by atoms with Crippen molar-refractivity contribution in [1.29, 1.82) is 0 Å². The molecule has 1 aromatic heterocycles. The van der Waals surface area contributed by atoms with Crippen molar-refractivity contribution in [2.75, 3.05) is 5.32 Å². The average Bonchev–Trinajstić information content (AvgIpc) is 3.24. The van der Waals surface area contributed by atoms with E-state index in [1.54, 1.807) is 0 Å². The Labute approximate surface area is 138 Å². The van der Waals surface area contributed by atoms with Crippen LogP contribution < -0.4 is 5.32 Å². The van der Waals surface area contributed by atoms with Crippen molar-refractivity contribution in [2.24, 2.45) is 17.8 Å². The number of benzene rings is 1. The minimum atomic E-state index is 0.157. The quantitative estimate of drug-likeness (QED) is 0.874. The minimum absolute atomic E-state index is 0.157. The van der Waals surface area contributed by atoms with E-state index in [0.717, 1.165) is 23.6 Å². The summed E-state index contributed by atoms with van der Waals surface area (Å²) in [6.45, 7) is 0. The highest BCUT2D eigenvalue weighted by Crippen LogP contribution is 2.48. The number of carbonyl (C=O) groups excluding carboxylic acids is 1. The Balaban J connectivity index is 1.45. The normalized spacial score (nSPS) is 26.3. The van der Waals surface area contributed by atoms with E-state index in [-0.39, 0.29) is 11.8 Å². The van der Waals surface area contributed by atoms with Crippen LogP contribution in [0.1, 0.15) is 25.7 Å². The molecular formula is C17H17ClN2OS. The highest BCUT2D eigenvalue weighted by Gasteiger charge is 2.43. The van der Waals surface area contributed by atoms with Crippen molar-refractivity contribution < 1.29 is 4.79 Å². The van der Waals surface area contributed by atoms with Gasteiger partial charge in [0.2, 0.25) is 5.91 Å². The lowest BCUT2D eigenvalue weighted by atomic mass is 9.88. The fraction of sp³-hybridized carbons (Fsp3) is 0.412. The first-order valence-corrected chi connectivity index (χ1v) is 8.97. The molecule has 1 aromatic carbocycles. The molecule has 22 heavy (non-hydrogen) atoms. The predicted octanol–water partition coefficient (Wildman–Crippen LogP) is 4.84. The summed E-state index contributed by atoms with van der Waals surface area (Å²) in [7, 11) is 0. The minimum Gasteiger partial charge on any atom is -0.302 e. The molecule has 2 bridgehead atoms. The van der Waals surface area contributed by atoms with E-state index < -0.39 is 0 Å². The third-order valence-electron chi connectivity index (χ3n) is 4.95. The molecule has 1 N–H and O–H groups in total. The van der Waals surface area contributed by atoms with Gasteiger partial charge in [0.15, 0.2) is 5.13 Å². The van der Waals surface area contributed by atoms with Crippen molar-refractivity contribution in [2.45, 2.75) is 25.7 Å². The lowest BCUT2D eigenvalue weighted by Crippen LogP contribution is -2.27. The largest absolute Gasteiger partial charge is 0.302 e. The second kappa shape index (κ2) is 5.67. The van der Waals surface area contributed by atoms with Crippen molar-refractivity contribution >= 4 is 34.0 Å². The lowest BCUT2D eigenvalue weighted by molar-refractivity contribution is -0.121. The highest BCUT2D eigenvalue weighted by molar-refractivity contribution is 7.14. The average molecular weight is 333 g/mol. The van der Waals surface area contributed by atoms with Crippen molar-refractivity contribution in [3.63, 3.8) is 0 Å². The van der Waals surface area contributed by atoms with E-state index in [1.807, 2.05) is 29.6 Å². The molecular weight excluding hydrogens is 316 g/mol. The van der Waals surface area contributed by atoms with Crippen LogP contribution in [-0.4, -0.2) is 10.9 Å². The van der Waals surface area contributed by atoms with E-state index in [0.29, 0.717) is 16.1 Å². The van der Waals surface area contributed by atoms with E-state index in [4.69, 9.17) is 11.6 Å². The summed E-state index contributed by atoms with van der Waals surface area (Å²) in [6, 6.07) is 7.59. The van der Waals surface area contributed by atoms with Crippen LogP contribution in [-0.2, 0) is 4.79 Å². The van der Waals surface area contributed by atoms with Gasteiger partial charge in [-0.15, -0.1) is 11.3 Å². The second-order valence-electron chi connectivity index (χ2n) is 6.32. The van der Waals surface area contributed by atoms with Gasteiger partial charge >= 0.3 is 0 Å². The molecule has 3 nitrogen and oxygen atoms in total. The maximum Gasteiger partial charge on any atom is 0.229 e. The van der Waals surface area contributed by atoms with Gasteiger partial charge in [-0.1, -0.05) is 30.2 Å². The molecule has 2 saturated carbocycles. The maximum atomic E-state index is 12.4. The molecule has 0 unspecified atom stereocenters. The van der Waals surface area contributed by atoms with Crippen LogP contribution in [0.2, 0.25) is 5.02 Å². The summed E-state index contributed by atoms with van der Waals surface area (Å²) >= 11 is 7.38. The van der Waals surface area contributed by atoms with Crippen LogP contribution in [0.5, 0.6) is 0 Å². The lowest BCUT2D eigenvalue weighted by Gasteiger charge is -2.19. The Morgan fingerprint density at radius 3 is 2.73 bits per heavy atom. The number of nitrogens with one attached hydrogen (secondary N) is 1. The summed E-state index contributed by atoms with van der Waals surface area (Å²) in [6.07, 6.45) is 4.83. The van der Waals surface area contributed by atoms with Crippen LogP contribution in [0.3, 0.4) is 0 Å². The zero-order valence-corrected chi connectivity index (χ0v) is 13.7. The number of hydrogen-bond donors (Lipinski definition) is 1. The number of halogens is 1. The summed E-state index contributed by atoms with van der Waals surface area (Å²) in [5.74, 6) is 1.73. The number of thiazole rings is 1. The fourth-order valence-corrected chi connectivity index (χ4v) is 4.70. The van der Waals surface area contributed by atoms with Crippen molar-refractivity contribution in [1.82, 2.24) is 4.98 Å². The van der Waals surface area contributed by atoms with Crippen molar-refractivity contribution in [3.8, 4) is 11.3 Å². The number of hydrogen-bond acceptors (Lipinski definition) is 3. The number of nitrogens with zero attached hydrogens (tertiary/aromatic N) is 1. The van der Waals surface area contributed by atoms with Gasteiger partial charge in [-0.2, -0.15) is 0 Å². The van der Waals surface area contributed by atoms with Gasteiger partial charge < -0.3 is 5.32 Å². The first-order chi connectivity index (χ1) is 10.7. The molecule has 0 radical (unpaired) electrons. The van der Waals surface area contributed by atoms with E-state index in [1.165, 1.54) is 30.6 Å². The topological polar surface area (TPSA) is 42.0 Å². The maximum absolute atomic E-state index is 12.4. The number of anilines is 1. The Hall–Kier alpha value is -1.39. The molecule has 2 aliphatic carbocycles. The number of aromatic nitrogens is 1. The van der Waals surface area contributed by atoms with Crippen LogP contribution in [0.4, 0.5) is 5.13 Å². The Morgan fingerprint density at radius 1 is 1.23 bits per heavy atom. The van der Waals surface area contributed by atoms with Crippen LogP contribution in [0.15, 0.2) is 29.6 Å². The number of rotatable bonds is 3. The smallest absolute Gasteiger partial charge is 0.229 e. The SMILES string of the molecule is O=C(Nc1nc(-c2ccc(Cl)cc2)cs1)[C@@H]1C[C@@H]2CC[C@@H]1C2. The number of carbonyl (C=O) groups is 1. The molecule has 4 rings (SSSR count). The Morgan fingerprint density at radius 2 is 2.05 bits per heavy atom. The van der Waals surface area contributed by atoms with Gasteiger partial charge in [0.05, 0.1) is 5.69 Å². The van der Waals surface area contributed by atoms with E-state index in [9.17, 15) is 4.79 Å². The molecule has 1 amide bonds. The second-order valence-corrected chi connectivity index (χ2v) is 7.61. The molecule has 2 fully saturated rings. The van der Waals surface area contributed by atoms with E-state index >= 15 is 0 Å². The standard InChI is InChI=1S/C17H17ClN2OS/c18-13-5-3-11(4-6-13)15-9-22-17(19-15)20-16(21)14-8-10-1-2-12(14)7-10/h3-6,9-10,12,14H,1-2,7-8H2,(H,19,20,21)/t10-,12-,14-/m1/s1. The fourth-order valence-electron chi connectivity index (χ4n) is 3.85. The first kappa shape index (κ1) is 14.2. The van der Waals surface area contributed by atoms with Crippen LogP contribution in [0, 0.1) is 17.8 Å². The zero-order chi connectivity index (χ0) is 15.1. The van der Waals surface area contributed by atoms with Gasteiger partial charge in [0.1, 0.15) is 0 Å². The summed E-state index contributed by atoms with van der Waals surface area (Å²) in [5.41, 5.74) is 1.89. The number of fused-ring (bicyclic) bond motifs is 2. The van der Waals surface area contributed by atoms with Gasteiger partial charge in [-0.05, 0) is 43.2 Å². The Kier molecular flexibility index (Phi) is 3.66. The molecule has 0 aliphatic heterocycles. The summed E-state index contributed by atoms with van der Waals surface area (Å²) in [4.78, 5) is 17.0. The first-order valence-electron chi connectivity index (χ1n) is 7.71. The van der Waals surface area contributed by atoms with E-state index in [2.05, 4.69) is 10.3 Å². The summed E-state index contributed by atoms with van der Waals surface area (Å²) in [5, 5.41) is 6.39. The molecule has 0 spiro atoms. The molecule has 2 aliphatic rings. The zero-order valence-electron chi connectivity index (χ0n) is 12.1. The molecule has 2 aromatic rings. The predicted molar refractivity (Wildman–Crippen MR) is 90.1 cm³/mol. The highest BCUT2D eigenvalue weighted by atomic mass is 35.5. The van der Waals surface area contributed by atoms with Gasteiger partial charge in [0, 0.05) is 21.9 Å². The molecule has 3 atom stereocenters. The third-order valence-corrected chi connectivity index (χ3v) is 5.96.